The van der Waals surface area contributed by atoms with E-state index in [1.54, 1.807) is 19.1 Å². The average molecular weight is 247 g/mol. The molecule has 1 aromatic carbocycles. The van der Waals surface area contributed by atoms with Gasteiger partial charge in [0.05, 0.1) is 5.71 Å². The van der Waals surface area contributed by atoms with E-state index in [9.17, 15) is 13.2 Å². The van der Waals surface area contributed by atoms with Crippen LogP contribution in [0.1, 0.15) is 18.1 Å². The Hall–Kier alpha value is -1.72. The number of alkyl halides is 3. The lowest BCUT2D eigenvalue weighted by Crippen LogP contribution is -2.20. The van der Waals surface area contributed by atoms with Crippen LogP contribution >= 0.6 is 0 Å². The molecule has 0 aliphatic heterocycles. The normalized spacial score (nSPS) is 12.6. The molecule has 0 unspecified atom stereocenters. The Morgan fingerprint density at radius 1 is 1.41 bits per heavy atom. The largest absolute Gasteiger partial charge is 0.483 e. The Morgan fingerprint density at radius 3 is 2.59 bits per heavy atom. The second-order valence-corrected chi connectivity index (χ2v) is 3.59. The predicted molar refractivity (Wildman–Crippen MR) is 56.7 cm³/mol. The first-order valence-electron chi connectivity index (χ1n) is 4.82. The lowest BCUT2D eigenvalue weighted by atomic mass is 10.1. The molecule has 0 aromatic heterocycles. The van der Waals surface area contributed by atoms with Crippen LogP contribution in [0.5, 0.6) is 5.75 Å². The number of rotatable bonds is 3. The van der Waals surface area contributed by atoms with Gasteiger partial charge in [0.15, 0.2) is 6.61 Å². The molecule has 0 aliphatic rings. The minimum Gasteiger partial charge on any atom is -0.483 e. The third-order valence-corrected chi connectivity index (χ3v) is 2.07. The van der Waals surface area contributed by atoms with Crippen LogP contribution in [0.25, 0.3) is 0 Å². The third kappa shape index (κ3) is 3.97. The Bertz CT molecular complexity index is 427. The number of nitrogens with zero attached hydrogens (tertiary/aromatic N) is 1. The minimum atomic E-state index is -4.40. The van der Waals surface area contributed by atoms with Crippen molar-refractivity contribution >= 4 is 5.71 Å². The van der Waals surface area contributed by atoms with Gasteiger partial charge in [-0.15, -0.1) is 0 Å². The van der Waals surface area contributed by atoms with Gasteiger partial charge in [-0.25, -0.2) is 0 Å². The molecule has 1 aromatic rings. The molecular formula is C11H12F3NO2. The molecule has 0 heterocycles. The Kier molecular flexibility index (Phi) is 3.98. The van der Waals surface area contributed by atoms with Gasteiger partial charge in [0.1, 0.15) is 5.75 Å². The van der Waals surface area contributed by atoms with Crippen molar-refractivity contribution in [3.8, 4) is 5.75 Å². The van der Waals surface area contributed by atoms with Crippen molar-refractivity contribution in [3.05, 3.63) is 29.3 Å². The molecule has 0 amide bonds. The fraction of sp³-hybridized carbons (Fsp3) is 0.364. The topological polar surface area (TPSA) is 41.8 Å². The molecular weight excluding hydrogens is 235 g/mol. The predicted octanol–water partition coefficient (Wildman–Crippen LogP) is 3.13. The fourth-order valence-electron chi connectivity index (χ4n) is 1.26. The first kappa shape index (κ1) is 13.3. The van der Waals surface area contributed by atoms with Gasteiger partial charge < -0.3 is 9.94 Å². The van der Waals surface area contributed by atoms with Gasteiger partial charge in [0, 0.05) is 5.56 Å². The molecule has 1 rings (SSSR count). The van der Waals surface area contributed by atoms with Crippen LogP contribution < -0.4 is 4.74 Å². The molecule has 0 radical (unpaired) electrons. The van der Waals surface area contributed by atoms with Crippen LogP contribution in [0.4, 0.5) is 13.2 Å². The van der Waals surface area contributed by atoms with Crippen molar-refractivity contribution in [2.45, 2.75) is 20.0 Å². The molecule has 17 heavy (non-hydrogen) atoms. The number of ether oxygens (including phenoxy) is 1. The van der Waals surface area contributed by atoms with Crippen LogP contribution in [0, 0.1) is 6.92 Å². The van der Waals surface area contributed by atoms with E-state index in [2.05, 4.69) is 9.89 Å². The van der Waals surface area contributed by atoms with Gasteiger partial charge in [-0.2, -0.15) is 13.2 Å². The quantitative estimate of drug-likeness (QED) is 0.506. The molecule has 0 aliphatic carbocycles. The maximum Gasteiger partial charge on any atom is 0.422 e. The maximum absolute atomic E-state index is 12.1. The summed E-state index contributed by atoms with van der Waals surface area (Å²) in [6.45, 7) is 1.84. The lowest BCUT2D eigenvalue weighted by molar-refractivity contribution is -0.153. The van der Waals surface area contributed by atoms with Crippen molar-refractivity contribution < 1.29 is 23.1 Å². The molecule has 0 fully saturated rings. The summed E-state index contributed by atoms with van der Waals surface area (Å²) >= 11 is 0. The Balaban J connectivity index is 3.00. The van der Waals surface area contributed by atoms with Crippen molar-refractivity contribution in [2.75, 3.05) is 6.61 Å². The molecule has 0 bridgehead atoms. The lowest BCUT2D eigenvalue weighted by Gasteiger charge is -2.13. The Labute approximate surface area is 96.5 Å². The molecule has 0 spiro atoms. The number of aryl methyl sites for hydroxylation is 1. The molecule has 6 heteroatoms. The molecule has 1 N–H and O–H groups in total. The van der Waals surface area contributed by atoms with Crippen LogP contribution in [0.15, 0.2) is 23.4 Å². The molecule has 94 valence electrons. The van der Waals surface area contributed by atoms with Gasteiger partial charge in [-0.1, -0.05) is 11.2 Å². The van der Waals surface area contributed by atoms with E-state index < -0.39 is 12.8 Å². The van der Waals surface area contributed by atoms with Crippen LogP contribution in [0.2, 0.25) is 0 Å². The van der Waals surface area contributed by atoms with E-state index in [4.69, 9.17) is 5.21 Å². The number of hydrogen-bond acceptors (Lipinski definition) is 3. The summed E-state index contributed by atoms with van der Waals surface area (Å²) in [5.74, 6) is 0.0534. The number of oxime groups is 1. The second kappa shape index (κ2) is 5.07. The van der Waals surface area contributed by atoms with Crippen molar-refractivity contribution in [1.82, 2.24) is 0 Å². The average Bonchev–Trinajstić information content (AvgIpc) is 2.24. The Morgan fingerprint density at radius 2 is 2.06 bits per heavy atom. The monoisotopic (exact) mass is 247 g/mol. The van der Waals surface area contributed by atoms with E-state index in [0.717, 1.165) is 5.56 Å². The standard InChI is InChI=1S/C11H12F3NO2/c1-7-3-4-9(8(2)15-16)10(5-7)17-6-11(12,13)14/h3-5,16H,6H2,1-2H3. The first-order valence-corrected chi connectivity index (χ1v) is 4.82. The number of halogens is 3. The minimum absolute atomic E-state index is 0.0534. The summed E-state index contributed by atoms with van der Waals surface area (Å²) < 4.78 is 40.8. The fourth-order valence-corrected chi connectivity index (χ4v) is 1.26. The summed E-state index contributed by atoms with van der Waals surface area (Å²) in [7, 11) is 0. The zero-order chi connectivity index (χ0) is 13.1. The zero-order valence-electron chi connectivity index (χ0n) is 9.38. The third-order valence-electron chi connectivity index (χ3n) is 2.07. The first-order chi connectivity index (χ1) is 7.83. The number of benzene rings is 1. The summed E-state index contributed by atoms with van der Waals surface area (Å²) in [6.07, 6.45) is -4.40. The van der Waals surface area contributed by atoms with E-state index >= 15 is 0 Å². The van der Waals surface area contributed by atoms with Gasteiger partial charge >= 0.3 is 6.18 Å². The summed E-state index contributed by atoms with van der Waals surface area (Å²) in [4.78, 5) is 0. The molecule has 0 saturated heterocycles. The second-order valence-electron chi connectivity index (χ2n) is 3.59. The van der Waals surface area contributed by atoms with Crippen LogP contribution in [0.3, 0.4) is 0 Å². The SMILES string of the molecule is CC(=NO)c1ccc(C)cc1OCC(F)(F)F. The maximum atomic E-state index is 12.1. The number of hydrogen-bond donors (Lipinski definition) is 1. The highest BCUT2D eigenvalue weighted by Gasteiger charge is 2.29. The smallest absolute Gasteiger partial charge is 0.422 e. The van der Waals surface area contributed by atoms with Gasteiger partial charge in [-0.3, -0.25) is 0 Å². The zero-order valence-corrected chi connectivity index (χ0v) is 9.38. The molecule has 0 atom stereocenters. The van der Waals surface area contributed by atoms with E-state index in [1.165, 1.54) is 13.0 Å². The van der Waals surface area contributed by atoms with Crippen molar-refractivity contribution in [2.24, 2.45) is 5.16 Å². The van der Waals surface area contributed by atoms with Gasteiger partial charge in [0.25, 0.3) is 0 Å². The molecule has 3 nitrogen and oxygen atoms in total. The highest BCUT2D eigenvalue weighted by molar-refractivity contribution is 6.00. The summed E-state index contributed by atoms with van der Waals surface area (Å²) in [5.41, 5.74) is 1.29. The van der Waals surface area contributed by atoms with Gasteiger partial charge in [0.2, 0.25) is 0 Å². The highest BCUT2D eigenvalue weighted by atomic mass is 19.4. The highest BCUT2D eigenvalue weighted by Crippen LogP contribution is 2.24. The van der Waals surface area contributed by atoms with Crippen molar-refractivity contribution in [1.29, 1.82) is 0 Å². The van der Waals surface area contributed by atoms with Crippen LogP contribution in [-0.4, -0.2) is 23.7 Å². The van der Waals surface area contributed by atoms with Gasteiger partial charge in [-0.05, 0) is 31.5 Å². The summed E-state index contributed by atoms with van der Waals surface area (Å²) in [5, 5.41) is 11.6. The van der Waals surface area contributed by atoms with E-state index in [-0.39, 0.29) is 11.5 Å². The van der Waals surface area contributed by atoms with E-state index in [1.807, 2.05) is 0 Å². The molecule has 0 saturated carbocycles. The summed E-state index contributed by atoms with van der Waals surface area (Å²) in [6, 6.07) is 4.72. The van der Waals surface area contributed by atoms with E-state index in [0.29, 0.717) is 5.56 Å². The van der Waals surface area contributed by atoms with Crippen LogP contribution in [-0.2, 0) is 0 Å². The van der Waals surface area contributed by atoms with Crippen molar-refractivity contribution in [3.63, 3.8) is 0 Å².